The minimum atomic E-state index is -1.37. The van der Waals surface area contributed by atoms with Crippen LogP contribution in [0.5, 0.6) is 0 Å². The number of piperidine rings is 1. The number of hydrogen-bond donors (Lipinski definition) is 2. The molecule has 1 amide bonds. The maximum atomic E-state index is 13.9. The van der Waals surface area contributed by atoms with E-state index in [1.807, 2.05) is 0 Å². The summed E-state index contributed by atoms with van der Waals surface area (Å²) in [5, 5.41) is 14.3. The number of amides is 1. The predicted octanol–water partition coefficient (Wildman–Crippen LogP) is 2.99. The highest BCUT2D eigenvalue weighted by Crippen LogP contribution is 2.25. The maximum absolute atomic E-state index is 13.9. The van der Waals surface area contributed by atoms with Gasteiger partial charge in [-0.05, 0) is 31.7 Å². The molecule has 1 aromatic rings. The van der Waals surface area contributed by atoms with Gasteiger partial charge in [0.1, 0.15) is 5.82 Å². The van der Waals surface area contributed by atoms with E-state index >= 15 is 0 Å². The number of likely N-dealkylation sites (tertiary alicyclic amines) is 1. The van der Waals surface area contributed by atoms with E-state index in [9.17, 15) is 14.3 Å². The van der Waals surface area contributed by atoms with Crippen molar-refractivity contribution in [2.75, 3.05) is 13.1 Å². The molecule has 3 rings (SSSR count). The maximum Gasteiger partial charge on any atom is 0.256 e. The Kier molecular flexibility index (Phi) is 6.07. The van der Waals surface area contributed by atoms with Crippen molar-refractivity contribution in [3.63, 3.8) is 0 Å². The molecule has 2 aliphatic rings. The van der Waals surface area contributed by atoms with E-state index in [-0.39, 0.29) is 18.3 Å². The molecule has 2 N–H and O–H groups in total. The van der Waals surface area contributed by atoms with Gasteiger partial charge in [-0.25, -0.2) is 4.39 Å². The molecule has 0 aromatic heterocycles. The molecule has 5 heteroatoms. The van der Waals surface area contributed by atoms with Crippen molar-refractivity contribution in [1.82, 2.24) is 10.2 Å². The van der Waals surface area contributed by atoms with Crippen LogP contribution < -0.4 is 5.32 Å². The summed E-state index contributed by atoms with van der Waals surface area (Å²) in [6.07, 6.45) is 8.41. The lowest BCUT2D eigenvalue weighted by Gasteiger charge is -2.39. The van der Waals surface area contributed by atoms with Gasteiger partial charge in [0.25, 0.3) is 5.91 Å². The third-order valence-electron chi connectivity index (χ3n) is 5.56. The molecule has 1 heterocycles. The zero-order valence-electron chi connectivity index (χ0n) is 14.8. The number of nitrogens with one attached hydrogen (secondary N) is 1. The summed E-state index contributed by atoms with van der Waals surface area (Å²) >= 11 is 0. The van der Waals surface area contributed by atoms with Crippen LogP contribution >= 0.6 is 0 Å². The molecule has 0 bridgehead atoms. The second kappa shape index (κ2) is 8.28. The molecular formula is C20H29FN2O2. The summed E-state index contributed by atoms with van der Waals surface area (Å²) in [6, 6.07) is 6.90. The average molecular weight is 348 g/mol. The number of hydrogen-bond acceptors (Lipinski definition) is 3. The van der Waals surface area contributed by atoms with Crippen LogP contribution in [0.3, 0.4) is 0 Å². The molecule has 1 aromatic carbocycles. The van der Waals surface area contributed by atoms with Gasteiger partial charge in [0.05, 0.1) is 0 Å². The molecule has 4 nitrogen and oxygen atoms in total. The van der Waals surface area contributed by atoms with Crippen molar-refractivity contribution in [1.29, 1.82) is 0 Å². The fourth-order valence-electron chi connectivity index (χ4n) is 4.01. The van der Waals surface area contributed by atoms with Crippen LogP contribution in [0.2, 0.25) is 0 Å². The molecule has 1 saturated heterocycles. The van der Waals surface area contributed by atoms with Crippen LogP contribution in [-0.4, -0.2) is 40.6 Å². The summed E-state index contributed by atoms with van der Waals surface area (Å²) in [5.41, 5.74) is -0.868. The molecule has 0 spiro atoms. The number of aliphatic hydroxyl groups is 1. The molecule has 0 radical (unpaired) electrons. The second-order valence-electron chi connectivity index (χ2n) is 7.52. The summed E-state index contributed by atoms with van der Waals surface area (Å²) in [4.78, 5) is 14.4. The highest BCUT2D eigenvalue weighted by Gasteiger charge is 2.42. The van der Waals surface area contributed by atoms with E-state index in [2.05, 4.69) is 5.32 Å². The Morgan fingerprint density at radius 1 is 1.16 bits per heavy atom. The normalized spacial score (nSPS) is 25.8. The topological polar surface area (TPSA) is 52.6 Å². The van der Waals surface area contributed by atoms with Gasteiger partial charge in [-0.2, -0.15) is 0 Å². The molecular weight excluding hydrogens is 319 g/mol. The number of rotatable bonds is 5. The van der Waals surface area contributed by atoms with Gasteiger partial charge in [0, 0.05) is 31.2 Å². The quantitative estimate of drug-likeness (QED) is 0.805. The van der Waals surface area contributed by atoms with Gasteiger partial charge in [-0.15, -0.1) is 0 Å². The number of halogens is 1. The standard InChI is InChI=1S/C20H29FN2O2/c21-18-11-6-5-8-16(18)14-23-13-7-12-20(25,19(23)24)15-22-17-9-3-1-2-4-10-17/h5-6,8,11,17,22,25H,1-4,7,9-10,12-15H2/t20-/m0/s1. The third-order valence-corrected chi connectivity index (χ3v) is 5.56. The molecule has 1 saturated carbocycles. The smallest absolute Gasteiger partial charge is 0.256 e. The van der Waals surface area contributed by atoms with E-state index in [4.69, 9.17) is 0 Å². The molecule has 0 unspecified atom stereocenters. The Morgan fingerprint density at radius 2 is 1.88 bits per heavy atom. The number of carbonyl (C=O) groups excluding carboxylic acids is 1. The van der Waals surface area contributed by atoms with Crippen molar-refractivity contribution in [2.24, 2.45) is 0 Å². The van der Waals surface area contributed by atoms with Crippen LogP contribution in [-0.2, 0) is 11.3 Å². The Morgan fingerprint density at radius 3 is 2.60 bits per heavy atom. The number of carbonyl (C=O) groups is 1. The summed E-state index contributed by atoms with van der Waals surface area (Å²) in [7, 11) is 0. The lowest BCUT2D eigenvalue weighted by molar-refractivity contribution is -0.157. The molecule has 138 valence electrons. The highest BCUT2D eigenvalue weighted by atomic mass is 19.1. The Bertz CT molecular complexity index is 587. The monoisotopic (exact) mass is 348 g/mol. The van der Waals surface area contributed by atoms with Gasteiger partial charge in [-0.1, -0.05) is 43.9 Å². The zero-order chi connectivity index (χ0) is 17.7. The van der Waals surface area contributed by atoms with Crippen molar-refractivity contribution >= 4 is 5.91 Å². The van der Waals surface area contributed by atoms with Crippen LogP contribution in [0, 0.1) is 5.82 Å². The van der Waals surface area contributed by atoms with Crippen molar-refractivity contribution in [3.8, 4) is 0 Å². The largest absolute Gasteiger partial charge is 0.379 e. The average Bonchev–Trinajstić information content (AvgIpc) is 2.88. The van der Waals surface area contributed by atoms with Gasteiger partial charge >= 0.3 is 0 Å². The fourth-order valence-corrected chi connectivity index (χ4v) is 4.01. The molecule has 1 aliphatic carbocycles. The first kappa shape index (κ1) is 18.3. The van der Waals surface area contributed by atoms with Gasteiger partial charge in [0.2, 0.25) is 0 Å². The van der Waals surface area contributed by atoms with Gasteiger partial charge in [0.15, 0.2) is 5.60 Å². The first-order chi connectivity index (χ1) is 12.1. The van der Waals surface area contributed by atoms with Crippen molar-refractivity contribution in [2.45, 2.75) is 69.6 Å². The van der Waals surface area contributed by atoms with Crippen molar-refractivity contribution in [3.05, 3.63) is 35.6 Å². The van der Waals surface area contributed by atoms with Crippen LogP contribution in [0.4, 0.5) is 4.39 Å². The number of nitrogens with zero attached hydrogens (tertiary/aromatic N) is 1. The van der Waals surface area contributed by atoms with E-state index in [1.54, 1.807) is 23.1 Å². The minimum Gasteiger partial charge on any atom is -0.379 e. The second-order valence-corrected chi connectivity index (χ2v) is 7.52. The Labute approximate surface area is 149 Å². The first-order valence-electron chi connectivity index (χ1n) is 9.57. The third kappa shape index (κ3) is 4.59. The zero-order valence-corrected chi connectivity index (χ0v) is 14.8. The van der Waals surface area contributed by atoms with Gasteiger partial charge in [-0.3, -0.25) is 4.79 Å². The van der Waals surface area contributed by atoms with Crippen molar-refractivity contribution < 1.29 is 14.3 Å². The summed E-state index contributed by atoms with van der Waals surface area (Å²) in [5.74, 6) is -0.580. The minimum absolute atomic E-state index is 0.219. The Hall–Kier alpha value is -1.46. The Balaban J connectivity index is 1.61. The first-order valence-corrected chi connectivity index (χ1v) is 9.57. The molecule has 25 heavy (non-hydrogen) atoms. The highest BCUT2D eigenvalue weighted by molar-refractivity contribution is 5.86. The summed E-state index contributed by atoms with van der Waals surface area (Å²) in [6.45, 7) is 1.08. The van der Waals surface area contributed by atoms with E-state index < -0.39 is 5.60 Å². The van der Waals surface area contributed by atoms with E-state index in [1.165, 1.54) is 31.7 Å². The van der Waals surface area contributed by atoms with Crippen LogP contribution in [0.25, 0.3) is 0 Å². The fraction of sp³-hybridized carbons (Fsp3) is 0.650. The molecule has 2 fully saturated rings. The number of benzene rings is 1. The van der Waals surface area contributed by atoms with E-state index in [0.717, 1.165) is 19.3 Å². The lowest BCUT2D eigenvalue weighted by Crippen LogP contribution is -2.58. The van der Waals surface area contributed by atoms with Crippen LogP contribution in [0.15, 0.2) is 24.3 Å². The molecule has 1 atom stereocenters. The molecule has 1 aliphatic heterocycles. The van der Waals surface area contributed by atoms with E-state index in [0.29, 0.717) is 31.1 Å². The SMILES string of the molecule is O=C1N(Cc2ccccc2F)CCC[C@]1(O)CNC1CCCCCC1. The summed E-state index contributed by atoms with van der Waals surface area (Å²) < 4.78 is 13.9. The van der Waals surface area contributed by atoms with Gasteiger partial charge < -0.3 is 15.3 Å². The lowest BCUT2D eigenvalue weighted by atomic mass is 9.90. The predicted molar refractivity (Wildman–Crippen MR) is 95.5 cm³/mol. The van der Waals surface area contributed by atoms with Crippen LogP contribution in [0.1, 0.15) is 56.9 Å².